The molecule has 1 heterocycles. The highest BCUT2D eigenvalue weighted by Crippen LogP contribution is 2.38. The minimum Gasteiger partial charge on any atom is -0.486 e. The summed E-state index contributed by atoms with van der Waals surface area (Å²) in [6, 6.07) is 14.5. The van der Waals surface area contributed by atoms with Crippen molar-refractivity contribution in [2.45, 2.75) is 18.9 Å². The summed E-state index contributed by atoms with van der Waals surface area (Å²) < 4.78 is 12.2. The van der Waals surface area contributed by atoms with Crippen LogP contribution in [0.15, 0.2) is 46.9 Å². The second-order valence-corrected chi connectivity index (χ2v) is 6.11. The molecule has 0 saturated heterocycles. The highest BCUT2D eigenvalue weighted by Gasteiger charge is 2.17. The van der Waals surface area contributed by atoms with Crippen LogP contribution in [0.4, 0.5) is 0 Å². The van der Waals surface area contributed by atoms with Crippen molar-refractivity contribution >= 4 is 15.9 Å². The van der Waals surface area contributed by atoms with Crippen molar-refractivity contribution in [1.29, 1.82) is 0 Å². The van der Waals surface area contributed by atoms with Crippen molar-refractivity contribution in [3.05, 3.63) is 58.1 Å². The molecule has 2 aromatic rings. The maximum absolute atomic E-state index is 6.28. The predicted octanol–water partition coefficient (Wildman–Crippen LogP) is 3.33. The first-order valence-corrected chi connectivity index (χ1v) is 7.89. The van der Waals surface area contributed by atoms with Crippen molar-refractivity contribution in [3.8, 4) is 11.5 Å². The average molecular weight is 348 g/mol. The molecule has 1 atom stereocenters. The molecule has 4 heteroatoms. The number of nitrogens with two attached hydrogens (primary N) is 1. The Morgan fingerprint density at radius 1 is 1.00 bits per heavy atom. The molecule has 0 amide bonds. The number of fused-ring (bicyclic) bond motifs is 1. The number of benzene rings is 2. The van der Waals surface area contributed by atoms with Crippen LogP contribution >= 0.6 is 15.9 Å². The van der Waals surface area contributed by atoms with Gasteiger partial charge in [0.15, 0.2) is 11.5 Å². The number of hydrogen-bond donors (Lipinski definition) is 1. The van der Waals surface area contributed by atoms with Crippen LogP contribution in [0.5, 0.6) is 11.5 Å². The van der Waals surface area contributed by atoms with Crippen LogP contribution in [0.3, 0.4) is 0 Å². The van der Waals surface area contributed by atoms with E-state index in [1.807, 2.05) is 24.3 Å². The molecule has 21 heavy (non-hydrogen) atoms. The van der Waals surface area contributed by atoms with Gasteiger partial charge in [-0.2, -0.15) is 0 Å². The number of rotatable bonds is 4. The lowest BCUT2D eigenvalue weighted by atomic mass is 9.99. The first kappa shape index (κ1) is 14.4. The van der Waals surface area contributed by atoms with Crippen molar-refractivity contribution in [2.75, 3.05) is 13.2 Å². The van der Waals surface area contributed by atoms with E-state index >= 15 is 0 Å². The zero-order valence-corrected chi connectivity index (χ0v) is 13.3. The molecule has 0 aromatic heterocycles. The molecule has 1 aliphatic rings. The second-order valence-electron chi connectivity index (χ2n) is 5.26. The highest BCUT2D eigenvalue weighted by molar-refractivity contribution is 9.10. The van der Waals surface area contributed by atoms with Crippen LogP contribution in [-0.4, -0.2) is 19.3 Å². The maximum atomic E-state index is 6.28. The molecule has 2 aromatic carbocycles. The Morgan fingerprint density at radius 3 is 2.52 bits per heavy atom. The number of ether oxygens (including phenoxy) is 2. The summed E-state index contributed by atoms with van der Waals surface area (Å²) in [4.78, 5) is 0. The zero-order valence-electron chi connectivity index (χ0n) is 11.7. The third-order valence-corrected chi connectivity index (χ3v) is 4.08. The Balaban J connectivity index is 1.71. The van der Waals surface area contributed by atoms with Gasteiger partial charge in [-0.3, -0.25) is 0 Å². The molecular weight excluding hydrogens is 330 g/mol. The summed E-state index contributed by atoms with van der Waals surface area (Å²) in [7, 11) is 0. The van der Waals surface area contributed by atoms with Gasteiger partial charge in [0.2, 0.25) is 0 Å². The monoisotopic (exact) mass is 347 g/mol. The van der Waals surface area contributed by atoms with E-state index in [1.54, 1.807) is 0 Å². The van der Waals surface area contributed by atoms with Crippen LogP contribution in [0.1, 0.15) is 11.1 Å². The molecule has 2 N–H and O–H groups in total. The molecule has 0 spiro atoms. The molecule has 0 fully saturated rings. The lowest BCUT2D eigenvalue weighted by Crippen LogP contribution is -2.25. The summed E-state index contributed by atoms with van der Waals surface area (Å²) in [5.41, 5.74) is 8.70. The summed E-state index contributed by atoms with van der Waals surface area (Å²) in [6.07, 6.45) is 1.68. The number of hydrogen-bond acceptors (Lipinski definition) is 3. The smallest absolute Gasteiger partial charge is 0.175 e. The van der Waals surface area contributed by atoms with Gasteiger partial charge in [0, 0.05) is 6.04 Å². The van der Waals surface area contributed by atoms with Gasteiger partial charge in [0.05, 0.1) is 4.47 Å². The minimum absolute atomic E-state index is 0.0851. The Bertz CT molecular complexity index is 616. The van der Waals surface area contributed by atoms with Crippen LogP contribution < -0.4 is 15.2 Å². The summed E-state index contributed by atoms with van der Waals surface area (Å²) in [5, 5.41) is 0. The van der Waals surface area contributed by atoms with E-state index < -0.39 is 0 Å². The fraction of sp³-hybridized carbons (Fsp3) is 0.294. The van der Waals surface area contributed by atoms with Gasteiger partial charge >= 0.3 is 0 Å². The first-order valence-electron chi connectivity index (χ1n) is 7.10. The Morgan fingerprint density at radius 2 is 1.71 bits per heavy atom. The van der Waals surface area contributed by atoms with Crippen molar-refractivity contribution in [3.63, 3.8) is 0 Å². The van der Waals surface area contributed by atoms with Crippen LogP contribution in [-0.2, 0) is 12.8 Å². The molecule has 0 aliphatic carbocycles. The molecule has 1 unspecified atom stereocenters. The van der Waals surface area contributed by atoms with Gasteiger partial charge in [0.25, 0.3) is 0 Å². The van der Waals surface area contributed by atoms with Gasteiger partial charge < -0.3 is 15.2 Å². The van der Waals surface area contributed by atoms with Gasteiger partial charge in [-0.1, -0.05) is 30.3 Å². The molecule has 3 nitrogen and oxygen atoms in total. The Kier molecular flexibility index (Phi) is 4.46. The lowest BCUT2D eigenvalue weighted by molar-refractivity contribution is 0.170. The van der Waals surface area contributed by atoms with E-state index in [0.717, 1.165) is 34.4 Å². The molecular formula is C17H18BrNO2. The van der Waals surface area contributed by atoms with Crippen molar-refractivity contribution < 1.29 is 9.47 Å². The van der Waals surface area contributed by atoms with Crippen LogP contribution in [0, 0.1) is 0 Å². The van der Waals surface area contributed by atoms with Gasteiger partial charge in [-0.15, -0.1) is 0 Å². The van der Waals surface area contributed by atoms with Gasteiger partial charge in [-0.05, 0) is 52.0 Å². The van der Waals surface area contributed by atoms with Crippen molar-refractivity contribution in [1.82, 2.24) is 0 Å². The number of halogens is 1. The fourth-order valence-electron chi connectivity index (χ4n) is 2.57. The zero-order chi connectivity index (χ0) is 14.7. The van der Waals surface area contributed by atoms with E-state index in [-0.39, 0.29) is 6.04 Å². The summed E-state index contributed by atoms with van der Waals surface area (Å²) in [5.74, 6) is 1.60. The summed E-state index contributed by atoms with van der Waals surface area (Å²) >= 11 is 3.54. The Labute approximate surface area is 133 Å². The van der Waals surface area contributed by atoms with E-state index in [2.05, 4.69) is 34.1 Å². The van der Waals surface area contributed by atoms with E-state index in [0.29, 0.717) is 13.2 Å². The molecule has 3 rings (SSSR count). The van der Waals surface area contributed by atoms with Crippen LogP contribution in [0.25, 0.3) is 0 Å². The molecule has 0 radical (unpaired) electrons. The fourth-order valence-corrected chi connectivity index (χ4v) is 3.18. The van der Waals surface area contributed by atoms with Crippen LogP contribution in [0.2, 0.25) is 0 Å². The van der Waals surface area contributed by atoms with E-state index in [4.69, 9.17) is 15.2 Å². The van der Waals surface area contributed by atoms with Crippen molar-refractivity contribution in [2.24, 2.45) is 5.73 Å². The first-order chi connectivity index (χ1) is 10.2. The lowest BCUT2D eigenvalue weighted by Gasteiger charge is -2.21. The molecule has 0 bridgehead atoms. The largest absolute Gasteiger partial charge is 0.486 e. The van der Waals surface area contributed by atoms with Gasteiger partial charge in [-0.25, -0.2) is 0 Å². The highest BCUT2D eigenvalue weighted by atomic mass is 79.9. The standard InChI is InChI=1S/C17H18BrNO2/c18-15-10-13(11-16-17(15)21-7-6-20-16)9-14(19)8-12-4-2-1-3-5-12/h1-5,10-11,14H,6-9,19H2. The second kappa shape index (κ2) is 6.50. The molecule has 0 saturated carbocycles. The minimum atomic E-state index is 0.0851. The SMILES string of the molecule is NC(Cc1ccccc1)Cc1cc(Br)c2c(c1)OCCO2. The molecule has 110 valence electrons. The maximum Gasteiger partial charge on any atom is 0.175 e. The molecule has 1 aliphatic heterocycles. The summed E-state index contributed by atoms with van der Waals surface area (Å²) in [6.45, 7) is 1.19. The topological polar surface area (TPSA) is 44.5 Å². The van der Waals surface area contributed by atoms with E-state index in [1.165, 1.54) is 5.56 Å². The van der Waals surface area contributed by atoms with Gasteiger partial charge in [0.1, 0.15) is 13.2 Å². The average Bonchev–Trinajstić information content (AvgIpc) is 2.48. The third-order valence-electron chi connectivity index (χ3n) is 3.50. The Hall–Kier alpha value is -1.52. The normalized spacial score (nSPS) is 14.8. The third kappa shape index (κ3) is 3.57. The predicted molar refractivity (Wildman–Crippen MR) is 87.0 cm³/mol. The quantitative estimate of drug-likeness (QED) is 0.922. The van der Waals surface area contributed by atoms with E-state index in [9.17, 15) is 0 Å².